The zero-order valence-electron chi connectivity index (χ0n) is 11.1. The second-order valence-corrected chi connectivity index (χ2v) is 4.58. The molecule has 6 heteroatoms. The third kappa shape index (κ3) is 3.19. The van der Waals surface area contributed by atoms with Crippen molar-refractivity contribution in [1.29, 1.82) is 0 Å². The van der Waals surface area contributed by atoms with E-state index in [2.05, 4.69) is 4.98 Å². The van der Waals surface area contributed by atoms with Crippen LogP contribution in [-0.4, -0.2) is 9.55 Å². The molecule has 0 aliphatic heterocycles. The van der Waals surface area contributed by atoms with Crippen molar-refractivity contribution in [1.82, 2.24) is 9.55 Å². The number of hydrogen-bond donors (Lipinski definition) is 1. The average Bonchev–Trinajstić information content (AvgIpc) is 2.86. The maximum Gasteiger partial charge on any atom is 0.416 e. The summed E-state index contributed by atoms with van der Waals surface area (Å²) in [7, 11) is 0. The van der Waals surface area contributed by atoms with Gasteiger partial charge in [0.1, 0.15) is 5.82 Å². The number of alkyl halides is 3. The molecule has 0 spiro atoms. The molecule has 0 aliphatic carbocycles. The fourth-order valence-electron chi connectivity index (χ4n) is 2.14. The van der Waals surface area contributed by atoms with Crippen molar-refractivity contribution < 1.29 is 13.2 Å². The topological polar surface area (TPSA) is 43.8 Å². The van der Waals surface area contributed by atoms with E-state index in [0.717, 1.165) is 18.7 Å². The summed E-state index contributed by atoms with van der Waals surface area (Å²) in [5.41, 5.74) is 5.94. The van der Waals surface area contributed by atoms with Crippen LogP contribution in [0, 0.1) is 0 Å². The summed E-state index contributed by atoms with van der Waals surface area (Å²) in [6, 6.07) is 4.82. The van der Waals surface area contributed by atoms with Crippen molar-refractivity contribution in [3.05, 3.63) is 53.6 Å². The SMILES string of the molecule is CCn1ccnc1C(N)Cc1cccc(C(F)(F)F)c1. The van der Waals surface area contributed by atoms with Gasteiger partial charge in [-0.3, -0.25) is 0 Å². The number of rotatable bonds is 4. The van der Waals surface area contributed by atoms with Crippen molar-refractivity contribution in [3.63, 3.8) is 0 Å². The molecule has 0 amide bonds. The predicted octanol–water partition coefficient (Wildman–Crippen LogP) is 3.16. The van der Waals surface area contributed by atoms with Crippen LogP contribution in [0.4, 0.5) is 13.2 Å². The van der Waals surface area contributed by atoms with Crippen LogP contribution in [0.2, 0.25) is 0 Å². The van der Waals surface area contributed by atoms with E-state index in [1.807, 2.05) is 11.5 Å². The third-order valence-electron chi connectivity index (χ3n) is 3.13. The molecule has 0 bridgehead atoms. The Morgan fingerprint density at radius 1 is 1.35 bits per heavy atom. The molecule has 0 aliphatic rings. The van der Waals surface area contributed by atoms with Gasteiger partial charge >= 0.3 is 6.18 Å². The lowest BCUT2D eigenvalue weighted by molar-refractivity contribution is -0.137. The van der Waals surface area contributed by atoms with E-state index < -0.39 is 17.8 Å². The molecule has 1 aromatic carbocycles. The molecule has 2 N–H and O–H groups in total. The Bertz CT molecular complexity index is 575. The van der Waals surface area contributed by atoms with Gasteiger partial charge in [0.05, 0.1) is 11.6 Å². The van der Waals surface area contributed by atoms with E-state index in [4.69, 9.17) is 5.73 Å². The summed E-state index contributed by atoms with van der Waals surface area (Å²) in [5, 5.41) is 0. The van der Waals surface area contributed by atoms with Crippen LogP contribution in [0.25, 0.3) is 0 Å². The van der Waals surface area contributed by atoms with Crippen molar-refractivity contribution in [2.45, 2.75) is 32.1 Å². The van der Waals surface area contributed by atoms with Gasteiger partial charge in [0.2, 0.25) is 0 Å². The van der Waals surface area contributed by atoms with Crippen LogP contribution in [0.5, 0.6) is 0 Å². The summed E-state index contributed by atoms with van der Waals surface area (Å²) in [5.74, 6) is 0.685. The molecule has 2 rings (SSSR count). The average molecular weight is 283 g/mol. The van der Waals surface area contributed by atoms with Crippen molar-refractivity contribution in [2.75, 3.05) is 0 Å². The molecular weight excluding hydrogens is 267 g/mol. The van der Waals surface area contributed by atoms with Gasteiger partial charge < -0.3 is 10.3 Å². The zero-order chi connectivity index (χ0) is 14.8. The van der Waals surface area contributed by atoms with Gasteiger partial charge in [-0.1, -0.05) is 18.2 Å². The number of halogens is 3. The fraction of sp³-hybridized carbons (Fsp3) is 0.357. The van der Waals surface area contributed by atoms with E-state index >= 15 is 0 Å². The molecular formula is C14H16F3N3. The first-order chi connectivity index (χ1) is 9.41. The molecule has 20 heavy (non-hydrogen) atoms. The van der Waals surface area contributed by atoms with E-state index in [9.17, 15) is 13.2 Å². The van der Waals surface area contributed by atoms with Crippen molar-refractivity contribution in [2.24, 2.45) is 5.73 Å². The molecule has 2 aromatic rings. The Morgan fingerprint density at radius 2 is 2.10 bits per heavy atom. The quantitative estimate of drug-likeness (QED) is 0.936. The second kappa shape index (κ2) is 5.66. The molecule has 0 saturated carbocycles. The van der Waals surface area contributed by atoms with E-state index in [1.165, 1.54) is 6.07 Å². The highest BCUT2D eigenvalue weighted by atomic mass is 19.4. The number of imidazole rings is 1. The Hall–Kier alpha value is -1.82. The summed E-state index contributed by atoms with van der Waals surface area (Å²) in [6.45, 7) is 2.69. The van der Waals surface area contributed by atoms with Gasteiger partial charge in [-0.25, -0.2) is 4.98 Å². The Kier molecular flexibility index (Phi) is 4.13. The third-order valence-corrected chi connectivity index (χ3v) is 3.13. The lowest BCUT2D eigenvalue weighted by atomic mass is 10.0. The molecule has 1 atom stereocenters. The van der Waals surface area contributed by atoms with Crippen LogP contribution < -0.4 is 5.73 Å². The first-order valence-corrected chi connectivity index (χ1v) is 6.34. The Balaban J connectivity index is 2.18. The summed E-state index contributed by atoms with van der Waals surface area (Å²) in [6.07, 6.45) is -0.560. The highest BCUT2D eigenvalue weighted by Crippen LogP contribution is 2.30. The van der Waals surface area contributed by atoms with Crippen LogP contribution >= 0.6 is 0 Å². The van der Waals surface area contributed by atoms with E-state index in [0.29, 0.717) is 17.8 Å². The Morgan fingerprint density at radius 3 is 2.75 bits per heavy atom. The van der Waals surface area contributed by atoms with Gasteiger partial charge in [0.25, 0.3) is 0 Å². The fourth-order valence-corrected chi connectivity index (χ4v) is 2.14. The molecule has 0 fully saturated rings. The van der Waals surface area contributed by atoms with Crippen LogP contribution in [-0.2, 0) is 19.1 Å². The minimum Gasteiger partial charge on any atom is -0.334 e. The molecule has 0 radical (unpaired) electrons. The largest absolute Gasteiger partial charge is 0.416 e. The number of nitrogens with two attached hydrogens (primary N) is 1. The van der Waals surface area contributed by atoms with Gasteiger partial charge in [0, 0.05) is 18.9 Å². The minimum atomic E-state index is -4.33. The van der Waals surface area contributed by atoms with Gasteiger partial charge in [0.15, 0.2) is 0 Å². The highest BCUT2D eigenvalue weighted by Gasteiger charge is 2.30. The summed E-state index contributed by atoms with van der Waals surface area (Å²) in [4.78, 5) is 4.17. The molecule has 108 valence electrons. The van der Waals surface area contributed by atoms with E-state index in [-0.39, 0.29) is 0 Å². The number of benzene rings is 1. The van der Waals surface area contributed by atoms with Gasteiger partial charge in [-0.05, 0) is 25.0 Å². The lowest BCUT2D eigenvalue weighted by Crippen LogP contribution is -2.19. The van der Waals surface area contributed by atoms with Crippen LogP contribution in [0.3, 0.4) is 0 Å². The minimum absolute atomic E-state index is 0.320. The second-order valence-electron chi connectivity index (χ2n) is 4.58. The first-order valence-electron chi connectivity index (χ1n) is 6.34. The van der Waals surface area contributed by atoms with Gasteiger partial charge in [-0.15, -0.1) is 0 Å². The smallest absolute Gasteiger partial charge is 0.334 e. The van der Waals surface area contributed by atoms with Crippen LogP contribution in [0.15, 0.2) is 36.7 Å². The maximum atomic E-state index is 12.6. The first kappa shape index (κ1) is 14.6. The predicted molar refractivity (Wildman–Crippen MR) is 70.0 cm³/mol. The maximum absolute atomic E-state index is 12.6. The number of nitrogens with zero attached hydrogens (tertiary/aromatic N) is 2. The number of aryl methyl sites for hydroxylation is 1. The molecule has 3 nitrogen and oxygen atoms in total. The molecule has 1 unspecified atom stereocenters. The monoisotopic (exact) mass is 283 g/mol. The highest BCUT2D eigenvalue weighted by molar-refractivity contribution is 5.26. The standard InChI is InChI=1S/C14H16F3N3/c1-2-20-7-6-19-13(20)12(18)9-10-4-3-5-11(8-10)14(15,16)17/h3-8,12H,2,9,18H2,1H3. The molecule has 1 heterocycles. The number of hydrogen-bond acceptors (Lipinski definition) is 2. The number of aromatic nitrogens is 2. The lowest BCUT2D eigenvalue weighted by Gasteiger charge is -2.14. The summed E-state index contributed by atoms with van der Waals surface area (Å²) >= 11 is 0. The normalized spacial score (nSPS) is 13.4. The van der Waals surface area contributed by atoms with Gasteiger partial charge in [-0.2, -0.15) is 13.2 Å². The Labute approximate surface area is 115 Å². The summed E-state index contributed by atoms with van der Waals surface area (Å²) < 4.78 is 39.8. The zero-order valence-corrected chi connectivity index (χ0v) is 11.1. The van der Waals surface area contributed by atoms with E-state index in [1.54, 1.807) is 18.5 Å². The van der Waals surface area contributed by atoms with Crippen molar-refractivity contribution >= 4 is 0 Å². The van der Waals surface area contributed by atoms with Crippen LogP contribution in [0.1, 0.15) is 29.9 Å². The molecule has 0 saturated heterocycles. The molecule has 1 aromatic heterocycles. The van der Waals surface area contributed by atoms with Crippen molar-refractivity contribution in [3.8, 4) is 0 Å².